The zero-order valence-electron chi connectivity index (χ0n) is 17.4. The molecule has 3 aliphatic rings. The van der Waals surface area contributed by atoms with Crippen LogP contribution in [0.1, 0.15) is 23.7 Å². The average molecular weight is 555 g/mol. The molecule has 0 spiro atoms. The molecule has 2 aromatic rings. The first kappa shape index (κ1) is 21.4. The SMILES string of the molecule is Cc1cn2cc(C3=CC(=O)N4C=C(N5CCN[C@H](C)C5)C=CC4=I3)cc(C(F)(F)F)c2n1. The second-order valence-electron chi connectivity index (χ2n) is 8.06. The summed E-state index contributed by atoms with van der Waals surface area (Å²) in [6, 6.07) is 1.48. The lowest BCUT2D eigenvalue weighted by Gasteiger charge is -2.36. The summed E-state index contributed by atoms with van der Waals surface area (Å²) in [5.74, 6) is -0.235. The van der Waals surface area contributed by atoms with Gasteiger partial charge in [0.1, 0.15) is 5.65 Å². The first-order valence-electron chi connectivity index (χ1n) is 10.2. The molecule has 0 saturated carbocycles. The molecule has 0 aliphatic carbocycles. The number of imidazole rings is 1. The lowest BCUT2D eigenvalue weighted by atomic mass is 10.1. The maximum atomic E-state index is 13.7. The maximum absolute atomic E-state index is 13.7. The van der Waals surface area contributed by atoms with Gasteiger partial charge in [-0.1, -0.05) is 20.7 Å². The van der Waals surface area contributed by atoms with Crippen LogP contribution in [0.25, 0.3) is 9.23 Å². The van der Waals surface area contributed by atoms with E-state index in [-0.39, 0.29) is 11.6 Å². The number of carbonyl (C=O) groups excluding carboxylic acids is 1. The van der Waals surface area contributed by atoms with Crippen molar-refractivity contribution in [2.75, 3.05) is 19.6 Å². The minimum atomic E-state index is -4.53. The highest BCUT2D eigenvalue weighted by molar-refractivity contribution is 14.2. The highest BCUT2D eigenvalue weighted by Gasteiger charge is 2.35. The van der Waals surface area contributed by atoms with Crippen LogP contribution >= 0.6 is 20.7 Å². The Morgan fingerprint density at radius 2 is 2.06 bits per heavy atom. The Labute approximate surface area is 192 Å². The smallest absolute Gasteiger partial charge is 0.368 e. The standard InChI is InChI=1S/C22H21F3IN5O/c1-13-9-29(6-5-27-13)16-3-4-19-26-18(8-20(32)31(19)12-16)15-7-17(22(23,24)25)21-28-14(2)10-30(21)11-15/h3-4,7-8,10-13,27H,5-6,9H2,1-2H3/t13-/m1/s1. The fraction of sp³-hybridized carbons (Fsp3) is 0.318. The quantitative estimate of drug-likeness (QED) is 0.576. The number of aryl methyl sites for hydroxylation is 1. The third-order valence-corrected chi connectivity index (χ3v) is 8.50. The number of piperazine rings is 1. The molecule has 5 heterocycles. The van der Waals surface area contributed by atoms with Crippen LogP contribution in [0.15, 0.2) is 48.6 Å². The van der Waals surface area contributed by atoms with Crippen LogP contribution in [0.4, 0.5) is 13.2 Å². The molecule has 0 unspecified atom stereocenters. The summed E-state index contributed by atoms with van der Waals surface area (Å²) in [5.41, 5.74) is 0.985. The van der Waals surface area contributed by atoms with Crippen molar-refractivity contribution in [1.29, 1.82) is 0 Å². The van der Waals surface area contributed by atoms with Crippen LogP contribution in [0, 0.1) is 6.92 Å². The molecule has 1 N–H and O–H groups in total. The number of alkyl halides is 3. The van der Waals surface area contributed by atoms with Crippen LogP contribution in [-0.4, -0.2) is 54.4 Å². The van der Waals surface area contributed by atoms with E-state index in [1.54, 1.807) is 24.2 Å². The molecular weight excluding hydrogens is 534 g/mol. The second kappa shape index (κ2) is 7.84. The van der Waals surface area contributed by atoms with Crippen molar-refractivity contribution in [3.8, 4) is 0 Å². The van der Waals surface area contributed by atoms with Crippen LogP contribution in [0.2, 0.25) is 0 Å². The number of allylic oxidation sites excluding steroid dienone is 1. The van der Waals surface area contributed by atoms with E-state index in [0.29, 0.717) is 20.9 Å². The average Bonchev–Trinajstić information content (AvgIpc) is 3.12. The van der Waals surface area contributed by atoms with E-state index < -0.39 is 32.5 Å². The third kappa shape index (κ3) is 3.90. The van der Waals surface area contributed by atoms with Gasteiger partial charge in [0.05, 0.1) is 20.6 Å². The number of aromatic nitrogens is 2. The molecule has 10 heteroatoms. The molecule has 32 heavy (non-hydrogen) atoms. The van der Waals surface area contributed by atoms with Gasteiger partial charge >= 0.3 is 6.18 Å². The lowest BCUT2D eigenvalue weighted by Crippen LogP contribution is -2.49. The van der Waals surface area contributed by atoms with Crippen molar-refractivity contribution in [2.45, 2.75) is 26.1 Å². The molecular formula is C22H21F3IN5O. The van der Waals surface area contributed by atoms with Crippen molar-refractivity contribution in [3.05, 3.63) is 65.4 Å². The van der Waals surface area contributed by atoms with Crippen LogP contribution in [-0.2, 0) is 11.0 Å². The van der Waals surface area contributed by atoms with Gasteiger partial charge in [0, 0.05) is 59.5 Å². The molecule has 0 bridgehead atoms. The Morgan fingerprint density at radius 3 is 2.81 bits per heavy atom. The Hall–Kier alpha value is -2.47. The van der Waals surface area contributed by atoms with Gasteiger partial charge in [-0.15, -0.1) is 0 Å². The summed E-state index contributed by atoms with van der Waals surface area (Å²) in [5, 5.41) is 3.40. The highest BCUT2D eigenvalue weighted by Crippen LogP contribution is 2.39. The molecule has 1 amide bonds. The Balaban J connectivity index is 1.50. The molecule has 1 saturated heterocycles. The minimum Gasteiger partial charge on any atom is -0.368 e. The van der Waals surface area contributed by atoms with Gasteiger partial charge in [-0.3, -0.25) is 9.69 Å². The largest absolute Gasteiger partial charge is 0.420 e. The molecule has 168 valence electrons. The van der Waals surface area contributed by atoms with Crippen LogP contribution in [0.3, 0.4) is 0 Å². The fourth-order valence-corrected chi connectivity index (χ4v) is 6.70. The number of pyridine rings is 1. The van der Waals surface area contributed by atoms with Gasteiger partial charge in [0.2, 0.25) is 0 Å². The van der Waals surface area contributed by atoms with E-state index in [4.69, 9.17) is 0 Å². The monoisotopic (exact) mass is 555 g/mol. The second-order valence-corrected chi connectivity index (χ2v) is 10.9. The minimum absolute atomic E-state index is 0.121. The van der Waals surface area contributed by atoms with Gasteiger partial charge in [0.25, 0.3) is 5.91 Å². The van der Waals surface area contributed by atoms with Gasteiger partial charge < -0.3 is 14.6 Å². The first-order chi connectivity index (χ1) is 15.2. The topological polar surface area (TPSA) is 52.9 Å². The van der Waals surface area contributed by atoms with Gasteiger partial charge in [-0.2, -0.15) is 13.2 Å². The highest BCUT2D eigenvalue weighted by atomic mass is 127. The number of amides is 1. The Bertz CT molecular complexity index is 1240. The molecule has 3 aliphatic heterocycles. The van der Waals surface area contributed by atoms with E-state index in [2.05, 4.69) is 22.1 Å². The number of rotatable bonds is 2. The Kier molecular flexibility index (Phi) is 5.24. The summed E-state index contributed by atoms with van der Waals surface area (Å²) in [4.78, 5) is 20.9. The van der Waals surface area contributed by atoms with Crippen molar-refractivity contribution in [3.63, 3.8) is 0 Å². The molecule has 0 radical (unpaired) electrons. The molecule has 5 rings (SSSR count). The van der Waals surface area contributed by atoms with Crippen molar-refractivity contribution >= 4 is 39.5 Å². The maximum Gasteiger partial charge on any atom is 0.420 e. The summed E-state index contributed by atoms with van der Waals surface area (Å²) in [6.07, 6.45) is 5.95. The summed E-state index contributed by atoms with van der Waals surface area (Å²) in [7, 11) is 0. The number of hydrogen-bond acceptors (Lipinski definition) is 4. The van der Waals surface area contributed by atoms with Crippen LogP contribution < -0.4 is 5.32 Å². The Morgan fingerprint density at radius 1 is 1.25 bits per heavy atom. The molecule has 0 aromatic carbocycles. The number of halogens is 4. The van der Waals surface area contributed by atoms with Crippen LogP contribution in [0.5, 0.6) is 0 Å². The van der Waals surface area contributed by atoms with E-state index in [1.807, 2.05) is 18.4 Å². The number of nitrogens with zero attached hydrogens (tertiary/aromatic N) is 4. The number of nitrogens with one attached hydrogen (secondary N) is 1. The molecule has 1 atom stereocenters. The lowest BCUT2D eigenvalue weighted by molar-refractivity contribution is -0.136. The molecule has 2 aromatic heterocycles. The summed E-state index contributed by atoms with van der Waals surface area (Å²) >= 11 is -0.845. The van der Waals surface area contributed by atoms with E-state index >= 15 is 0 Å². The molecule has 6 nitrogen and oxygen atoms in total. The number of carbonyl (C=O) groups is 1. The van der Waals surface area contributed by atoms with Gasteiger partial charge in [0.15, 0.2) is 0 Å². The van der Waals surface area contributed by atoms with Crippen molar-refractivity contribution in [2.24, 2.45) is 0 Å². The van der Waals surface area contributed by atoms with E-state index in [1.165, 1.54) is 10.5 Å². The summed E-state index contributed by atoms with van der Waals surface area (Å²) in [6.45, 7) is 6.38. The normalized spacial score (nSPS) is 21.7. The predicted molar refractivity (Wildman–Crippen MR) is 125 cm³/mol. The number of hydrogen-bond donors (Lipinski definition) is 1. The van der Waals surface area contributed by atoms with Crippen molar-refractivity contribution < 1.29 is 18.0 Å². The number of fused-ring (bicyclic) bond motifs is 2. The zero-order chi connectivity index (χ0) is 22.6. The zero-order valence-corrected chi connectivity index (χ0v) is 19.6. The first-order valence-corrected chi connectivity index (χ1v) is 12.4. The summed E-state index contributed by atoms with van der Waals surface area (Å²) < 4.78 is 44.0. The third-order valence-electron chi connectivity index (χ3n) is 5.56. The predicted octanol–water partition coefficient (Wildman–Crippen LogP) is 3.65. The fourth-order valence-electron chi connectivity index (χ4n) is 4.08. The molecule has 1 fully saturated rings. The van der Waals surface area contributed by atoms with Crippen molar-refractivity contribution in [1.82, 2.24) is 24.5 Å². The van der Waals surface area contributed by atoms with Gasteiger partial charge in [-0.25, -0.2) is 4.98 Å². The van der Waals surface area contributed by atoms with E-state index in [0.717, 1.165) is 35.0 Å². The van der Waals surface area contributed by atoms with Gasteiger partial charge in [-0.05, 0) is 32.1 Å². The van der Waals surface area contributed by atoms with E-state index in [9.17, 15) is 18.0 Å².